The molecular weight excluding hydrogens is 356 g/mol. The summed E-state index contributed by atoms with van der Waals surface area (Å²) in [5, 5.41) is 3.08. The monoisotopic (exact) mass is 384 g/mol. The summed E-state index contributed by atoms with van der Waals surface area (Å²) in [7, 11) is 1.63. The number of ether oxygens (including phenoxy) is 3. The van der Waals surface area contributed by atoms with Crippen molar-refractivity contribution in [3.05, 3.63) is 54.1 Å². The van der Waals surface area contributed by atoms with Crippen LogP contribution in [0, 0.1) is 0 Å². The standard InChI is InChI=1S/C21H28N4O3/c1-26-19-7-4-6-18(15-19)24-21(22)23-16-17-5-2-3-8-20(17)28-14-11-25-9-12-27-13-10-25/h2-8,15H,9-14,16H2,1H3,(H3,22,23,24). The average Bonchev–Trinajstić information content (AvgIpc) is 2.74. The Bertz CT molecular complexity index is 776. The second-order valence-corrected chi connectivity index (χ2v) is 6.47. The quantitative estimate of drug-likeness (QED) is 0.537. The molecule has 1 fully saturated rings. The third kappa shape index (κ3) is 6.14. The van der Waals surface area contributed by atoms with E-state index in [4.69, 9.17) is 19.9 Å². The maximum absolute atomic E-state index is 6.03. The second kappa shape index (κ2) is 10.5. The van der Waals surface area contributed by atoms with E-state index in [1.54, 1.807) is 7.11 Å². The van der Waals surface area contributed by atoms with Crippen LogP contribution in [0.1, 0.15) is 5.56 Å². The SMILES string of the molecule is COc1cccc(NC(N)=NCc2ccccc2OCCN2CCOCC2)c1. The fraction of sp³-hybridized carbons (Fsp3) is 0.381. The summed E-state index contributed by atoms with van der Waals surface area (Å²) in [5.41, 5.74) is 7.86. The molecule has 1 aliphatic rings. The number of rotatable bonds is 8. The van der Waals surface area contributed by atoms with Crippen LogP contribution in [0.15, 0.2) is 53.5 Å². The topological polar surface area (TPSA) is 81.3 Å². The lowest BCUT2D eigenvalue weighted by Gasteiger charge is -2.26. The largest absolute Gasteiger partial charge is 0.497 e. The predicted molar refractivity (Wildman–Crippen MR) is 111 cm³/mol. The fourth-order valence-electron chi connectivity index (χ4n) is 2.94. The number of anilines is 1. The lowest BCUT2D eigenvalue weighted by Crippen LogP contribution is -2.38. The Balaban J connectivity index is 1.53. The summed E-state index contributed by atoms with van der Waals surface area (Å²) >= 11 is 0. The van der Waals surface area contributed by atoms with Gasteiger partial charge in [-0.1, -0.05) is 24.3 Å². The van der Waals surface area contributed by atoms with Crippen LogP contribution in [0.25, 0.3) is 0 Å². The van der Waals surface area contributed by atoms with Crippen molar-refractivity contribution in [3.63, 3.8) is 0 Å². The van der Waals surface area contributed by atoms with Crippen LogP contribution in [0.4, 0.5) is 5.69 Å². The molecule has 0 aromatic heterocycles. The molecule has 0 saturated carbocycles. The van der Waals surface area contributed by atoms with Crippen molar-refractivity contribution in [1.82, 2.24) is 4.90 Å². The zero-order chi connectivity index (χ0) is 19.6. The predicted octanol–water partition coefficient (Wildman–Crippen LogP) is 2.33. The van der Waals surface area contributed by atoms with E-state index >= 15 is 0 Å². The molecule has 0 radical (unpaired) electrons. The molecule has 3 N–H and O–H groups in total. The Morgan fingerprint density at radius 1 is 1.18 bits per heavy atom. The number of guanidine groups is 1. The first-order chi connectivity index (χ1) is 13.7. The van der Waals surface area contributed by atoms with Crippen LogP contribution < -0.4 is 20.5 Å². The Morgan fingerprint density at radius 2 is 2.00 bits per heavy atom. The maximum Gasteiger partial charge on any atom is 0.193 e. The van der Waals surface area contributed by atoms with Gasteiger partial charge >= 0.3 is 0 Å². The number of para-hydroxylation sites is 1. The lowest BCUT2D eigenvalue weighted by atomic mass is 10.2. The third-order valence-corrected chi connectivity index (χ3v) is 4.50. The highest BCUT2D eigenvalue weighted by Gasteiger charge is 2.10. The van der Waals surface area contributed by atoms with Gasteiger partial charge in [-0.3, -0.25) is 4.90 Å². The fourth-order valence-corrected chi connectivity index (χ4v) is 2.94. The highest BCUT2D eigenvalue weighted by Crippen LogP contribution is 2.19. The zero-order valence-corrected chi connectivity index (χ0v) is 16.3. The summed E-state index contributed by atoms with van der Waals surface area (Å²) in [6.07, 6.45) is 0. The minimum absolute atomic E-state index is 0.344. The van der Waals surface area contributed by atoms with Crippen LogP contribution in [0.3, 0.4) is 0 Å². The second-order valence-electron chi connectivity index (χ2n) is 6.47. The summed E-state index contributed by atoms with van der Waals surface area (Å²) in [5.74, 6) is 1.95. The molecule has 3 rings (SSSR count). The van der Waals surface area contributed by atoms with Crippen molar-refractivity contribution >= 4 is 11.6 Å². The van der Waals surface area contributed by atoms with Gasteiger partial charge in [-0.2, -0.15) is 0 Å². The molecule has 2 aromatic carbocycles. The first-order valence-electron chi connectivity index (χ1n) is 9.46. The summed E-state index contributed by atoms with van der Waals surface area (Å²) < 4.78 is 16.6. The van der Waals surface area contributed by atoms with E-state index in [1.807, 2.05) is 48.5 Å². The molecule has 0 bridgehead atoms. The Morgan fingerprint density at radius 3 is 2.82 bits per heavy atom. The van der Waals surface area contributed by atoms with E-state index in [1.165, 1.54) is 0 Å². The summed E-state index contributed by atoms with van der Waals surface area (Å²) in [6, 6.07) is 15.5. The van der Waals surface area contributed by atoms with Gasteiger partial charge in [-0.25, -0.2) is 4.99 Å². The molecule has 150 valence electrons. The molecule has 0 atom stereocenters. The molecule has 0 spiro atoms. The van der Waals surface area contributed by atoms with Crippen molar-refractivity contribution in [1.29, 1.82) is 0 Å². The van der Waals surface area contributed by atoms with E-state index in [-0.39, 0.29) is 0 Å². The minimum atomic E-state index is 0.344. The molecule has 0 unspecified atom stereocenters. The molecule has 1 heterocycles. The van der Waals surface area contributed by atoms with Gasteiger partial charge in [0.2, 0.25) is 0 Å². The Kier molecular flexibility index (Phi) is 7.52. The molecule has 1 saturated heterocycles. The first-order valence-corrected chi connectivity index (χ1v) is 9.46. The maximum atomic E-state index is 6.03. The van der Waals surface area contributed by atoms with Crippen molar-refractivity contribution in [2.45, 2.75) is 6.54 Å². The zero-order valence-electron chi connectivity index (χ0n) is 16.3. The smallest absolute Gasteiger partial charge is 0.193 e. The third-order valence-electron chi connectivity index (χ3n) is 4.50. The van der Waals surface area contributed by atoms with Gasteiger partial charge in [-0.15, -0.1) is 0 Å². The number of hydrogen-bond acceptors (Lipinski definition) is 5. The van der Waals surface area contributed by atoms with Crippen LogP contribution in [0.5, 0.6) is 11.5 Å². The number of nitrogens with one attached hydrogen (secondary N) is 1. The van der Waals surface area contributed by atoms with Crippen molar-refractivity contribution in [2.24, 2.45) is 10.7 Å². The minimum Gasteiger partial charge on any atom is -0.497 e. The van der Waals surface area contributed by atoms with E-state index in [9.17, 15) is 0 Å². The van der Waals surface area contributed by atoms with Crippen molar-refractivity contribution in [2.75, 3.05) is 51.9 Å². The summed E-state index contributed by atoms with van der Waals surface area (Å²) in [6.45, 7) is 5.48. The normalized spacial score (nSPS) is 15.2. The van der Waals surface area contributed by atoms with Crippen LogP contribution >= 0.6 is 0 Å². The molecule has 2 aromatic rings. The van der Waals surface area contributed by atoms with Gasteiger partial charge in [0.25, 0.3) is 0 Å². The van der Waals surface area contributed by atoms with E-state index in [2.05, 4.69) is 15.2 Å². The van der Waals surface area contributed by atoms with Gasteiger partial charge in [-0.05, 0) is 18.2 Å². The molecule has 7 nitrogen and oxygen atoms in total. The van der Waals surface area contributed by atoms with E-state index in [0.29, 0.717) is 19.1 Å². The highest BCUT2D eigenvalue weighted by atomic mass is 16.5. The number of hydrogen-bond donors (Lipinski definition) is 2. The van der Waals surface area contributed by atoms with E-state index in [0.717, 1.165) is 55.6 Å². The van der Waals surface area contributed by atoms with Crippen molar-refractivity contribution < 1.29 is 14.2 Å². The number of nitrogens with two attached hydrogens (primary N) is 1. The molecule has 0 aliphatic carbocycles. The highest BCUT2D eigenvalue weighted by molar-refractivity contribution is 5.92. The first kappa shape index (κ1) is 20.0. The van der Waals surface area contributed by atoms with Gasteiger partial charge in [0.15, 0.2) is 5.96 Å². The summed E-state index contributed by atoms with van der Waals surface area (Å²) in [4.78, 5) is 6.79. The number of morpholine rings is 1. The van der Waals surface area contributed by atoms with Crippen molar-refractivity contribution in [3.8, 4) is 11.5 Å². The molecule has 28 heavy (non-hydrogen) atoms. The molecule has 1 aliphatic heterocycles. The molecular formula is C21H28N4O3. The van der Waals surface area contributed by atoms with Crippen LogP contribution in [-0.4, -0.2) is 57.4 Å². The Hall–Kier alpha value is -2.77. The van der Waals surface area contributed by atoms with Gasteiger partial charge in [0.1, 0.15) is 18.1 Å². The van der Waals surface area contributed by atoms with Gasteiger partial charge in [0.05, 0.1) is 26.9 Å². The number of aliphatic imine (C=N–C) groups is 1. The van der Waals surface area contributed by atoms with Crippen LogP contribution in [0.2, 0.25) is 0 Å². The number of nitrogens with zero attached hydrogens (tertiary/aromatic N) is 2. The van der Waals surface area contributed by atoms with Gasteiger partial charge in [0, 0.05) is 37.0 Å². The number of benzene rings is 2. The average molecular weight is 384 g/mol. The van der Waals surface area contributed by atoms with E-state index < -0.39 is 0 Å². The number of methoxy groups -OCH3 is 1. The lowest BCUT2D eigenvalue weighted by molar-refractivity contribution is 0.0322. The molecule has 0 amide bonds. The molecule has 7 heteroatoms. The Labute approximate surface area is 166 Å². The van der Waals surface area contributed by atoms with Crippen LogP contribution in [-0.2, 0) is 11.3 Å². The van der Waals surface area contributed by atoms with Gasteiger partial charge < -0.3 is 25.3 Å².